The molecule has 0 aromatic heterocycles. The monoisotopic (exact) mass is 282 g/mol. The average Bonchev–Trinajstić information content (AvgIpc) is 2.47. The van der Waals surface area contributed by atoms with E-state index < -0.39 is 0 Å². The highest BCUT2D eigenvalue weighted by Crippen LogP contribution is 2.23. The molecule has 0 fully saturated rings. The van der Waals surface area contributed by atoms with E-state index in [-0.39, 0.29) is 0 Å². The molecule has 0 N–H and O–H groups in total. The highest BCUT2D eigenvalue weighted by atomic mass is 14.1. The summed E-state index contributed by atoms with van der Waals surface area (Å²) in [7, 11) is 0. The summed E-state index contributed by atoms with van der Waals surface area (Å²) in [6.07, 6.45) is 11.5. The molecule has 0 nitrogen and oxygen atoms in total. The van der Waals surface area contributed by atoms with Crippen molar-refractivity contribution in [1.29, 1.82) is 0 Å². The van der Waals surface area contributed by atoms with Crippen LogP contribution in [-0.2, 0) is 0 Å². The molecule has 0 saturated carbocycles. The second-order valence-corrected chi connectivity index (χ2v) is 5.80. The molecule has 114 valence electrons. The van der Waals surface area contributed by atoms with Crippen molar-refractivity contribution in [2.75, 3.05) is 0 Å². The second-order valence-electron chi connectivity index (χ2n) is 5.80. The molecule has 1 aromatic carbocycles. The van der Waals surface area contributed by atoms with Crippen LogP contribution in [0.25, 0.3) is 5.57 Å². The van der Waals surface area contributed by atoms with Gasteiger partial charge < -0.3 is 0 Å². The van der Waals surface area contributed by atoms with E-state index in [1.165, 1.54) is 35.1 Å². The van der Waals surface area contributed by atoms with E-state index in [4.69, 9.17) is 0 Å². The van der Waals surface area contributed by atoms with Gasteiger partial charge in [0.15, 0.2) is 0 Å². The summed E-state index contributed by atoms with van der Waals surface area (Å²) in [6.45, 7) is 11.0. The fourth-order valence-electron chi connectivity index (χ4n) is 2.56. The Hall–Kier alpha value is -1.56. The van der Waals surface area contributed by atoms with Gasteiger partial charge in [0.1, 0.15) is 0 Å². The molecular weight excluding hydrogens is 252 g/mol. The Morgan fingerprint density at radius 2 is 1.76 bits per heavy atom. The third kappa shape index (κ3) is 6.16. The molecule has 21 heavy (non-hydrogen) atoms. The van der Waals surface area contributed by atoms with Crippen molar-refractivity contribution < 1.29 is 0 Å². The van der Waals surface area contributed by atoms with Gasteiger partial charge in [-0.15, -0.1) is 0 Å². The van der Waals surface area contributed by atoms with Crippen molar-refractivity contribution >= 4 is 5.57 Å². The summed E-state index contributed by atoms with van der Waals surface area (Å²) in [4.78, 5) is 0. The fourth-order valence-corrected chi connectivity index (χ4v) is 2.56. The smallest absolute Gasteiger partial charge is 0.0108 e. The minimum absolute atomic E-state index is 1.07. The quantitative estimate of drug-likeness (QED) is 0.378. The zero-order chi connectivity index (χ0) is 15.7. The molecule has 0 heteroatoms. The van der Waals surface area contributed by atoms with Gasteiger partial charge in [-0.25, -0.2) is 0 Å². The fraction of sp³-hybridized carbons (Fsp3) is 0.429. The Labute approximate surface area is 131 Å². The number of benzene rings is 1. The lowest BCUT2D eigenvalue weighted by Crippen LogP contribution is -1.88. The summed E-state index contributed by atoms with van der Waals surface area (Å²) in [5.74, 6) is 0. The van der Waals surface area contributed by atoms with Crippen LogP contribution in [0.15, 0.2) is 53.6 Å². The Balaban J connectivity index is 2.94. The van der Waals surface area contributed by atoms with E-state index in [1.54, 1.807) is 5.57 Å². The van der Waals surface area contributed by atoms with Gasteiger partial charge in [0.2, 0.25) is 0 Å². The Kier molecular flexibility index (Phi) is 7.82. The number of aryl methyl sites for hydroxylation is 1. The van der Waals surface area contributed by atoms with Gasteiger partial charge in [0.25, 0.3) is 0 Å². The highest BCUT2D eigenvalue weighted by molar-refractivity contribution is 5.74. The predicted octanol–water partition coefficient (Wildman–Crippen LogP) is 6.87. The van der Waals surface area contributed by atoms with E-state index >= 15 is 0 Å². The summed E-state index contributed by atoms with van der Waals surface area (Å²) < 4.78 is 0. The average molecular weight is 282 g/mol. The number of hydrogen-bond acceptors (Lipinski definition) is 0. The van der Waals surface area contributed by atoms with Crippen LogP contribution in [0.5, 0.6) is 0 Å². The maximum absolute atomic E-state index is 2.35. The molecular formula is C21H30. The summed E-state index contributed by atoms with van der Waals surface area (Å²) in [5, 5.41) is 0. The van der Waals surface area contributed by atoms with Crippen LogP contribution in [0, 0.1) is 6.92 Å². The van der Waals surface area contributed by atoms with E-state index in [9.17, 15) is 0 Å². The first-order chi connectivity index (χ1) is 10.1. The second kappa shape index (κ2) is 9.39. The lowest BCUT2D eigenvalue weighted by Gasteiger charge is -2.09. The van der Waals surface area contributed by atoms with Gasteiger partial charge >= 0.3 is 0 Å². The van der Waals surface area contributed by atoms with Crippen LogP contribution >= 0.6 is 0 Å². The van der Waals surface area contributed by atoms with Gasteiger partial charge in [0, 0.05) is 0 Å². The maximum Gasteiger partial charge on any atom is -0.0108 e. The molecule has 0 atom stereocenters. The lowest BCUT2D eigenvalue weighted by molar-refractivity contribution is 0.863. The van der Waals surface area contributed by atoms with E-state index in [2.05, 4.69) is 77.1 Å². The van der Waals surface area contributed by atoms with Crippen LogP contribution in [0.1, 0.15) is 64.5 Å². The number of rotatable bonds is 7. The van der Waals surface area contributed by atoms with Crippen molar-refractivity contribution in [2.24, 2.45) is 0 Å². The third-order valence-corrected chi connectivity index (χ3v) is 3.70. The minimum atomic E-state index is 1.07. The molecule has 0 spiro atoms. The van der Waals surface area contributed by atoms with Crippen molar-refractivity contribution in [3.05, 3.63) is 64.8 Å². The summed E-state index contributed by atoms with van der Waals surface area (Å²) >= 11 is 0. The molecule has 0 unspecified atom stereocenters. The SMILES string of the molecule is C/C=C(\CCC)C/C(C)=C\C(=C/CC)c1ccc(C)cc1. The van der Waals surface area contributed by atoms with Gasteiger partial charge in [-0.2, -0.15) is 0 Å². The van der Waals surface area contributed by atoms with E-state index in [0.29, 0.717) is 0 Å². The summed E-state index contributed by atoms with van der Waals surface area (Å²) in [5.41, 5.74) is 6.97. The Bertz CT molecular complexity index is 509. The normalized spacial score (nSPS) is 13.7. The molecule has 0 aliphatic rings. The Morgan fingerprint density at radius 1 is 1.10 bits per heavy atom. The van der Waals surface area contributed by atoms with E-state index in [1.807, 2.05) is 0 Å². The van der Waals surface area contributed by atoms with Gasteiger partial charge in [-0.3, -0.25) is 0 Å². The van der Waals surface area contributed by atoms with Crippen LogP contribution in [0.4, 0.5) is 0 Å². The number of hydrogen-bond donors (Lipinski definition) is 0. The molecule has 0 radical (unpaired) electrons. The van der Waals surface area contributed by atoms with E-state index in [0.717, 1.165) is 12.8 Å². The first-order valence-electron chi connectivity index (χ1n) is 8.19. The van der Waals surface area contributed by atoms with Gasteiger partial charge in [0.05, 0.1) is 0 Å². The largest absolute Gasteiger partial charge is 0.0881 e. The molecule has 0 bridgehead atoms. The topological polar surface area (TPSA) is 0 Å². The third-order valence-electron chi connectivity index (χ3n) is 3.70. The van der Waals surface area contributed by atoms with Crippen LogP contribution in [0.3, 0.4) is 0 Å². The van der Waals surface area contributed by atoms with Gasteiger partial charge in [-0.1, -0.05) is 79.5 Å². The first kappa shape index (κ1) is 17.5. The van der Waals surface area contributed by atoms with Gasteiger partial charge in [-0.05, 0) is 51.2 Å². The summed E-state index contributed by atoms with van der Waals surface area (Å²) in [6, 6.07) is 8.83. The van der Waals surface area contributed by atoms with Crippen LogP contribution in [0.2, 0.25) is 0 Å². The Morgan fingerprint density at radius 3 is 2.29 bits per heavy atom. The van der Waals surface area contributed by atoms with Crippen molar-refractivity contribution in [3.8, 4) is 0 Å². The lowest BCUT2D eigenvalue weighted by atomic mass is 9.97. The standard InChI is InChI=1S/C21H30/c1-6-9-19(8-3)15-18(5)16-21(10-7-2)20-13-11-17(4)12-14-20/h8,10-14,16H,6-7,9,15H2,1-5H3/b18-16-,19-8+,21-10+. The predicted molar refractivity (Wildman–Crippen MR) is 96.5 cm³/mol. The van der Waals surface area contributed by atoms with Crippen molar-refractivity contribution in [1.82, 2.24) is 0 Å². The first-order valence-corrected chi connectivity index (χ1v) is 8.19. The van der Waals surface area contributed by atoms with Crippen molar-refractivity contribution in [3.63, 3.8) is 0 Å². The van der Waals surface area contributed by atoms with Crippen LogP contribution in [-0.4, -0.2) is 0 Å². The molecule has 0 heterocycles. The molecule has 0 aliphatic carbocycles. The molecule has 1 rings (SSSR count). The number of allylic oxidation sites excluding steroid dienone is 6. The maximum atomic E-state index is 2.35. The minimum Gasteiger partial charge on any atom is -0.0881 e. The van der Waals surface area contributed by atoms with Crippen LogP contribution < -0.4 is 0 Å². The highest BCUT2D eigenvalue weighted by Gasteiger charge is 2.01. The molecule has 0 saturated heterocycles. The zero-order valence-corrected chi connectivity index (χ0v) is 14.4. The molecule has 1 aromatic rings. The molecule has 0 amide bonds. The zero-order valence-electron chi connectivity index (χ0n) is 14.4. The van der Waals surface area contributed by atoms with Crippen molar-refractivity contribution in [2.45, 2.75) is 60.3 Å². The molecule has 0 aliphatic heterocycles.